The van der Waals surface area contributed by atoms with E-state index in [4.69, 9.17) is 9.26 Å². The van der Waals surface area contributed by atoms with Gasteiger partial charge in [-0.05, 0) is 37.2 Å². The molecule has 0 aliphatic heterocycles. The van der Waals surface area contributed by atoms with Gasteiger partial charge in [-0.1, -0.05) is 24.6 Å². The molecule has 0 spiro atoms. The van der Waals surface area contributed by atoms with E-state index in [2.05, 4.69) is 22.4 Å². The van der Waals surface area contributed by atoms with Crippen LogP contribution in [0, 0.1) is 0 Å². The molecule has 1 amide bonds. The van der Waals surface area contributed by atoms with E-state index in [9.17, 15) is 4.79 Å². The van der Waals surface area contributed by atoms with E-state index >= 15 is 0 Å². The topological polar surface area (TPSA) is 67.6 Å². The molecule has 0 saturated heterocycles. The van der Waals surface area contributed by atoms with Crippen molar-refractivity contribution >= 4 is 24.0 Å². The van der Waals surface area contributed by atoms with Crippen molar-refractivity contribution in [2.45, 2.75) is 25.3 Å². The molecule has 1 N–H and O–H groups in total. The molecule has 1 aliphatic rings. The molecule has 1 fully saturated rings. The van der Waals surface area contributed by atoms with Crippen LogP contribution in [0.5, 0.6) is 5.88 Å². The van der Waals surface area contributed by atoms with Gasteiger partial charge in [0, 0.05) is 18.3 Å². The molecule has 0 bridgehead atoms. The number of likely N-dealkylation sites (N-methyl/N-ethyl adjacent to an activating group) is 1. The summed E-state index contributed by atoms with van der Waals surface area (Å²) < 4.78 is 10.6. The number of carbonyl (C=O) groups excluding carboxylic acids is 1. The Morgan fingerprint density at radius 3 is 2.79 bits per heavy atom. The standard InChI is InChI=1S/C17H21N3O3.ClH/c1-20(14-8-5-9-14)10-11-22-16-12-15(23-19-16)17(21)18-13-6-3-2-4-7-13;/h2-4,6-7,12,14H,5,8-11H2,1H3,(H,18,21);1H. The number of amides is 1. The summed E-state index contributed by atoms with van der Waals surface area (Å²) in [5.74, 6) is 0.131. The summed E-state index contributed by atoms with van der Waals surface area (Å²) in [5, 5.41) is 6.52. The van der Waals surface area contributed by atoms with E-state index in [1.54, 1.807) is 0 Å². The molecule has 0 radical (unpaired) electrons. The van der Waals surface area contributed by atoms with Gasteiger partial charge in [0.05, 0.1) is 6.07 Å². The van der Waals surface area contributed by atoms with Crippen molar-refractivity contribution in [3.8, 4) is 5.88 Å². The van der Waals surface area contributed by atoms with Gasteiger partial charge in [0.25, 0.3) is 11.8 Å². The van der Waals surface area contributed by atoms with Gasteiger partial charge >= 0.3 is 0 Å². The van der Waals surface area contributed by atoms with Crippen molar-refractivity contribution in [1.29, 1.82) is 0 Å². The Bertz CT molecular complexity index is 644. The van der Waals surface area contributed by atoms with Crippen LogP contribution in [0.15, 0.2) is 40.9 Å². The second-order valence-electron chi connectivity index (χ2n) is 5.76. The number of nitrogens with zero attached hydrogens (tertiary/aromatic N) is 2. The Labute approximate surface area is 147 Å². The monoisotopic (exact) mass is 351 g/mol. The summed E-state index contributed by atoms with van der Waals surface area (Å²) >= 11 is 0. The third-order valence-corrected chi connectivity index (χ3v) is 4.14. The molecule has 1 heterocycles. The number of carbonyl (C=O) groups is 1. The second-order valence-corrected chi connectivity index (χ2v) is 5.76. The minimum Gasteiger partial charge on any atom is -0.474 e. The maximum Gasteiger partial charge on any atom is 0.294 e. The normalized spacial score (nSPS) is 13.9. The van der Waals surface area contributed by atoms with E-state index < -0.39 is 0 Å². The molecular weight excluding hydrogens is 330 g/mol. The lowest BCUT2D eigenvalue weighted by atomic mass is 9.92. The zero-order valence-corrected chi connectivity index (χ0v) is 14.4. The highest BCUT2D eigenvalue weighted by atomic mass is 35.5. The highest BCUT2D eigenvalue weighted by Gasteiger charge is 2.21. The average molecular weight is 352 g/mol. The van der Waals surface area contributed by atoms with Crippen LogP contribution in [-0.4, -0.2) is 42.2 Å². The molecule has 1 aromatic heterocycles. The number of hydrogen-bond donors (Lipinski definition) is 1. The maximum atomic E-state index is 12.0. The second kappa shape index (κ2) is 8.70. The quantitative estimate of drug-likeness (QED) is 0.829. The van der Waals surface area contributed by atoms with E-state index in [0.717, 1.165) is 6.54 Å². The van der Waals surface area contributed by atoms with E-state index in [0.29, 0.717) is 24.2 Å². The smallest absolute Gasteiger partial charge is 0.294 e. The number of hydrogen-bond acceptors (Lipinski definition) is 5. The highest BCUT2D eigenvalue weighted by Crippen LogP contribution is 2.23. The summed E-state index contributed by atoms with van der Waals surface area (Å²) in [5.41, 5.74) is 0.707. The Morgan fingerprint density at radius 2 is 2.12 bits per heavy atom. The van der Waals surface area contributed by atoms with Crippen LogP contribution >= 0.6 is 12.4 Å². The molecule has 1 saturated carbocycles. The Morgan fingerprint density at radius 1 is 1.38 bits per heavy atom. The first-order chi connectivity index (χ1) is 11.2. The van der Waals surface area contributed by atoms with Crippen molar-refractivity contribution in [2.24, 2.45) is 0 Å². The molecule has 24 heavy (non-hydrogen) atoms. The third kappa shape index (κ3) is 4.72. The maximum absolute atomic E-state index is 12.0. The van der Waals surface area contributed by atoms with Crippen LogP contribution in [0.3, 0.4) is 0 Å². The summed E-state index contributed by atoms with van der Waals surface area (Å²) in [7, 11) is 2.11. The van der Waals surface area contributed by atoms with Gasteiger partial charge in [-0.3, -0.25) is 4.79 Å². The first-order valence-electron chi connectivity index (χ1n) is 7.88. The number of nitrogens with one attached hydrogen (secondary N) is 1. The zero-order valence-electron chi connectivity index (χ0n) is 13.6. The van der Waals surface area contributed by atoms with Gasteiger partial charge in [-0.2, -0.15) is 0 Å². The van der Waals surface area contributed by atoms with Gasteiger partial charge in [-0.25, -0.2) is 0 Å². The number of anilines is 1. The fourth-order valence-electron chi connectivity index (χ4n) is 2.45. The molecular formula is C17H22ClN3O3. The van der Waals surface area contributed by atoms with Gasteiger partial charge in [0.1, 0.15) is 6.61 Å². The SMILES string of the molecule is CN(CCOc1cc(C(=O)Nc2ccccc2)on1)C1CCC1.Cl. The van der Waals surface area contributed by atoms with Crippen LogP contribution in [0.25, 0.3) is 0 Å². The third-order valence-electron chi connectivity index (χ3n) is 4.14. The van der Waals surface area contributed by atoms with Crippen molar-refractivity contribution in [1.82, 2.24) is 10.1 Å². The van der Waals surface area contributed by atoms with Gasteiger partial charge in [0.15, 0.2) is 0 Å². The lowest BCUT2D eigenvalue weighted by molar-refractivity contribution is 0.0987. The largest absolute Gasteiger partial charge is 0.474 e. The van der Waals surface area contributed by atoms with Crippen LogP contribution in [0.2, 0.25) is 0 Å². The highest BCUT2D eigenvalue weighted by molar-refractivity contribution is 6.02. The summed E-state index contributed by atoms with van der Waals surface area (Å²) in [4.78, 5) is 14.3. The van der Waals surface area contributed by atoms with E-state index in [-0.39, 0.29) is 24.1 Å². The summed E-state index contributed by atoms with van der Waals surface area (Å²) in [6.45, 7) is 1.36. The number of benzene rings is 1. The molecule has 0 atom stereocenters. The number of halogens is 1. The van der Waals surface area contributed by atoms with E-state index in [1.807, 2.05) is 30.3 Å². The first-order valence-corrected chi connectivity index (χ1v) is 7.88. The lowest BCUT2D eigenvalue weighted by Crippen LogP contribution is -2.39. The molecule has 7 heteroatoms. The average Bonchev–Trinajstić information content (AvgIpc) is 2.95. The van der Waals surface area contributed by atoms with Crippen LogP contribution in [0.4, 0.5) is 5.69 Å². The molecule has 1 aromatic carbocycles. The summed E-state index contributed by atoms with van der Waals surface area (Å²) in [6, 6.07) is 11.4. The minimum atomic E-state index is -0.342. The van der Waals surface area contributed by atoms with Crippen LogP contribution < -0.4 is 10.1 Å². The fourth-order valence-corrected chi connectivity index (χ4v) is 2.45. The predicted octanol–water partition coefficient (Wildman–Crippen LogP) is 3.21. The van der Waals surface area contributed by atoms with Gasteiger partial charge < -0.3 is 19.5 Å². The van der Waals surface area contributed by atoms with Crippen molar-refractivity contribution < 1.29 is 14.1 Å². The van der Waals surface area contributed by atoms with Gasteiger partial charge in [-0.15, -0.1) is 12.4 Å². The number of aromatic nitrogens is 1. The van der Waals surface area contributed by atoms with Gasteiger partial charge in [0.2, 0.25) is 5.76 Å². The molecule has 3 rings (SSSR count). The predicted molar refractivity (Wildman–Crippen MR) is 93.9 cm³/mol. The molecule has 130 valence electrons. The molecule has 2 aromatic rings. The minimum absolute atomic E-state index is 0. The van der Waals surface area contributed by atoms with Crippen molar-refractivity contribution in [2.75, 3.05) is 25.5 Å². The number of rotatable bonds is 7. The Balaban J connectivity index is 0.00000208. The Hall–Kier alpha value is -2.05. The number of para-hydroxylation sites is 1. The molecule has 1 aliphatic carbocycles. The number of ether oxygens (including phenoxy) is 1. The van der Waals surface area contributed by atoms with E-state index in [1.165, 1.54) is 25.3 Å². The van der Waals surface area contributed by atoms with Crippen molar-refractivity contribution in [3.05, 3.63) is 42.2 Å². The summed E-state index contributed by atoms with van der Waals surface area (Å²) in [6.07, 6.45) is 3.85. The van der Waals surface area contributed by atoms with Crippen LogP contribution in [0.1, 0.15) is 29.8 Å². The lowest BCUT2D eigenvalue weighted by Gasteiger charge is -2.34. The first kappa shape index (κ1) is 18.3. The molecule has 6 nitrogen and oxygen atoms in total. The Kier molecular flexibility index (Phi) is 6.63. The van der Waals surface area contributed by atoms with Crippen molar-refractivity contribution in [3.63, 3.8) is 0 Å². The fraction of sp³-hybridized carbons (Fsp3) is 0.412. The van der Waals surface area contributed by atoms with Crippen LogP contribution in [-0.2, 0) is 0 Å². The molecule has 0 unspecified atom stereocenters. The zero-order chi connectivity index (χ0) is 16.1.